The Morgan fingerprint density at radius 3 is 2.39 bits per heavy atom. The van der Waals surface area contributed by atoms with Gasteiger partial charge in [-0.3, -0.25) is 9.63 Å². The molecule has 2 fully saturated rings. The number of hydrogen-bond donors (Lipinski definition) is 0. The lowest BCUT2D eigenvalue weighted by atomic mass is 9.93. The van der Waals surface area contributed by atoms with E-state index in [0.29, 0.717) is 31.4 Å². The molecule has 1 aromatic rings. The van der Waals surface area contributed by atoms with Crippen molar-refractivity contribution in [1.82, 2.24) is 14.9 Å². The Kier molecular flexibility index (Phi) is 8.30. The van der Waals surface area contributed by atoms with E-state index < -0.39 is 5.82 Å². The van der Waals surface area contributed by atoms with E-state index in [1.165, 1.54) is 6.07 Å². The van der Waals surface area contributed by atoms with Gasteiger partial charge in [0.05, 0.1) is 17.8 Å². The van der Waals surface area contributed by atoms with Crippen LogP contribution in [0.2, 0.25) is 0 Å². The number of carbonyl (C=O) groups is 1. The monoisotopic (exact) mass is 435 g/mol. The maximum absolute atomic E-state index is 14.5. The number of halogens is 1. The number of ether oxygens (including phenoxy) is 1. The van der Waals surface area contributed by atoms with E-state index >= 15 is 0 Å². The van der Waals surface area contributed by atoms with Gasteiger partial charge in [-0.2, -0.15) is 5.06 Å². The highest BCUT2D eigenvalue weighted by molar-refractivity contribution is 5.94. The highest BCUT2D eigenvalue weighted by Gasteiger charge is 2.24. The molecule has 0 saturated carbocycles. The number of carbonyl (C=O) groups excluding carboxylic acids is 1. The molecule has 2 heterocycles. The van der Waals surface area contributed by atoms with Gasteiger partial charge in [-0.1, -0.05) is 0 Å². The number of piperidine rings is 1. The van der Waals surface area contributed by atoms with Crippen molar-refractivity contribution in [3.05, 3.63) is 29.6 Å². The summed E-state index contributed by atoms with van der Waals surface area (Å²) < 4.78 is 20.3. The second-order valence-corrected chi connectivity index (χ2v) is 9.80. The van der Waals surface area contributed by atoms with Crippen LogP contribution in [-0.4, -0.2) is 79.3 Å². The molecular weight excluding hydrogens is 397 g/mol. The highest BCUT2D eigenvalue weighted by Crippen LogP contribution is 2.25. The zero-order valence-corrected chi connectivity index (χ0v) is 19.5. The maximum atomic E-state index is 14.5. The zero-order valence-electron chi connectivity index (χ0n) is 19.5. The normalized spacial score (nSPS) is 19.6. The van der Waals surface area contributed by atoms with Crippen molar-refractivity contribution < 1.29 is 18.8 Å². The first-order chi connectivity index (χ1) is 14.7. The fourth-order valence-electron chi connectivity index (χ4n) is 4.18. The standard InChI is InChI=1S/C24H38FN3O3/c1-24(2,3)31-28-11-9-19(10-12-28)6-5-17-30-20-7-8-21(22(25)18-20)23(29)27-15-13-26(4)14-16-27/h7-8,18-19H,5-6,9-17H2,1-4H3. The molecule has 6 nitrogen and oxygen atoms in total. The number of likely N-dealkylation sites (N-methyl/N-ethyl adjacent to an activating group) is 1. The average Bonchev–Trinajstić information content (AvgIpc) is 2.71. The van der Waals surface area contributed by atoms with Gasteiger partial charge in [-0.15, -0.1) is 0 Å². The van der Waals surface area contributed by atoms with Crippen LogP contribution < -0.4 is 4.74 Å². The molecule has 1 aromatic carbocycles. The van der Waals surface area contributed by atoms with Crippen LogP contribution in [0.5, 0.6) is 5.75 Å². The minimum atomic E-state index is -0.507. The predicted octanol–water partition coefficient (Wildman–Crippen LogP) is 3.81. The SMILES string of the molecule is CN1CCN(C(=O)c2ccc(OCCCC3CCN(OC(C)(C)C)CC3)cc2F)CC1. The lowest BCUT2D eigenvalue weighted by molar-refractivity contribution is -0.238. The number of piperazine rings is 1. The van der Waals surface area contributed by atoms with Crippen LogP contribution in [0.1, 0.15) is 56.8 Å². The summed E-state index contributed by atoms with van der Waals surface area (Å²) in [7, 11) is 2.03. The zero-order chi connectivity index (χ0) is 22.4. The highest BCUT2D eigenvalue weighted by atomic mass is 19.1. The van der Waals surface area contributed by atoms with E-state index in [4.69, 9.17) is 9.57 Å². The number of nitrogens with zero attached hydrogens (tertiary/aromatic N) is 3. The van der Waals surface area contributed by atoms with Crippen molar-refractivity contribution in [2.75, 3.05) is 52.9 Å². The number of hydroxylamine groups is 2. The Labute approximate surface area is 186 Å². The van der Waals surface area contributed by atoms with Crippen LogP contribution in [0.25, 0.3) is 0 Å². The van der Waals surface area contributed by atoms with Crippen LogP contribution in [0, 0.1) is 11.7 Å². The van der Waals surface area contributed by atoms with Gasteiger partial charge >= 0.3 is 0 Å². The number of rotatable bonds is 7. The van der Waals surface area contributed by atoms with E-state index in [1.54, 1.807) is 17.0 Å². The first kappa shape index (κ1) is 24.0. The largest absolute Gasteiger partial charge is 0.493 e. The minimum absolute atomic E-state index is 0.126. The lowest BCUT2D eigenvalue weighted by Crippen LogP contribution is -2.47. The first-order valence-corrected chi connectivity index (χ1v) is 11.6. The Morgan fingerprint density at radius 1 is 1.10 bits per heavy atom. The molecule has 0 bridgehead atoms. The molecule has 2 aliphatic rings. The molecule has 0 aliphatic carbocycles. The Morgan fingerprint density at radius 2 is 1.77 bits per heavy atom. The fraction of sp³-hybridized carbons (Fsp3) is 0.708. The third-order valence-electron chi connectivity index (χ3n) is 5.96. The summed E-state index contributed by atoms with van der Waals surface area (Å²) in [5.41, 5.74) is -0.0122. The molecule has 0 N–H and O–H groups in total. The van der Waals surface area contributed by atoms with Crippen molar-refractivity contribution in [3.8, 4) is 5.75 Å². The molecular formula is C24H38FN3O3. The number of benzene rings is 1. The second kappa shape index (κ2) is 10.7. The van der Waals surface area contributed by atoms with Crippen molar-refractivity contribution in [2.45, 2.75) is 52.1 Å². The first-order valence-electron chi connectivity index (χ1n) is 11.6. The van der Waals surface area contributed by atoms with Gasteiger partial charge < -0.3 is 14.5 Å². The molecule has 0 aromatic heterocycles. The second-order valence-electron chi connectivity index (χ2n) is 9.80. The quantitative estimate of drug-likeness (QED) is 0.610. The summed E-state index contributed by atoms with van der Waals surface area (Å²) in [5.74, 6) is 0.427. The van der Waals surface area contributed by atoms with Crippen LogP contribution in [-0.2, 0) is 4.84 Å². The molecule has 2 saturated heterocycles. The van der Waals surface area contributed by atoms with Gasteiger partial charge in [0.2, 0.25) is 0 Å². The van der Waals surface area contributed by atoms with E-state index in [2.05, 4.69) is 30.7 Å². The van der Waals surface area contributed by atoms with Gasteiger partial charge in [-0.25, -0.2) is 4.39 Å². The lowest BCUT2D eigenvalue weighted by Gasteiger charge is -2.35. The van der Waals surface area contributed by atoms with E-state index in [-0.39, 0.29) is 17.1 Å². The van der Waals surface area contributed by atoms with Gasteiger partial charge in [0, 0.05) is 45.3 Å². The molecule has 7 heteroatoms. The smallest absolute Gasteiger partial charge is 0.256 e. The van der Waals surface area contributed by atoms with E-state index in [9.17, 15) is 9.18 Å². The Balaban J connectivity index is 1.38. The predicted molar refractivity (Wildman–Crippen MR) is 120 cm³/mol. The summed E-state index contributed by atoms with van der Waals surface area (Å²) in [6, 6.07) is 4.59. The molecule has 2 aliphatic heterocycles. The van der Waals surface area contributed by atoms with E-state index in [0.717, 1.165) is 51.9 Å². The summed E-state index contributed by atoms with van der Waals surface area (Å²) in [6.07, 6.45) is 4.31. The number of amides is 1. The Bertz CT molecular complexity index is 721. The van der Waals surface area contributed by atoms with Crippen LogP contribution >= 0.6 is 0 Å². The molecule has 0 radical (unpaired) electrons. The van der Waals surface area contributed by atoms with Crippen molar-refractivity contribution >= 4 is 5.91 Å². The summed E-state index contributed by atoms with van der Waals surface area (Å²) >= 11 is 0. The van der Waals surface area contributed by atoms with E-state index in [1.807, 2.05) is 7.05 Å². The molecule has 174 valence electrons. The fourth-order valence-corrected chi connectivity index (χ4v) is 4.18. The van der Waals surface area contributed by atoms with Gasteiger partial charge in [-0.05, 0) is 71.6 Å². The third-order valence-corrected chi connectivity index (χ3v) is 5.96. The molecule has 1 amide bonds. The van der Waals surface area contributed by atoms with Gasteiger partial charge in [0.1, 0.15) is 11.6 Å². The summed E-state index contributed by atoms with van der Waals surface area (Å²) in [4.78, 5) is 22.4. The van der Waals surface area contributed by atoms with Gasteiger partial charge in [0.25, 0.3) is 5.91 Å². The molecule has 0 spiro atoms. The van der Waals surface area contributed by atoms with Crippen molar-refractivity contribution in [2.24, 2.45) is 5.92 Å². The topological polar surface area (TPSA) is 45.2 Å². The summed E-state index contributed by atoms with van der Waals surface area (Å²) in [5, 5.41) is 2.08. The maximum Gasteiger partial charge on any atom is 0.256 e. The molecule has 3 rings (SSSR count). The van der Waals surface area contributed by atoms with Crippen LogP contribution in [0.3, 0.4) is 0 Å². The van der Waals surface area contributed by atoms with Crippen molar-refractivity contribution in [3.63, 3.8) is 0 Å². The van der Waals surface area contributed by atoms with Crippen molar-refractivity contribution in [1.29, 1.82) is 0 Å². The van der Waals surface area contributed by atoms with Crippen LogP contribution in [0.15, 0.2) is 18.2 Å². The van der Waals surface area contributed by atoms with Gasteiger partial charge in [0.15, 0.2) is 0 Å². The molecule has 31 heavy (non-hydrogen) atoms. The summed E-state index contributed by atoms with van der Waals surface area (Å²) in [6.45, 7) is 11.6. The third kappa shape index (κ3) is 7.44. The minimum Gasteiger partial charge on any atom is -0.493 e. The van der Waals surface area contributed by atoms with Crippen LogP contribution in [0.4, 0.5) is 4.39 Å². The number of hydrogen-bond acceptors (Lipinski definition) is 5. The molecule has 0 atom stereocenters. The average molecular weight is 436 g/mol. The Hall–Kier alpha value is -1.70. The molecule has 0 unspecified atom stereocenters.